The molecular formula is C21H28N6OS. The quantitative estimate of drug-likeness (QED) is 0.709. The Labute approximate surface area is 175 Å². The van der Waals surface area contributed by atoms with Crippen LogP contribution in [0.1, 0.15) is 40.8 Å². The van der Waals surface area contributed by atoms with E-state index in [4.69, 9.17) is 14.7 Å². The van der Waals surface area contributed by atoms with Crippen molar-refractivity contribution in [3.63, 3.8) is 0 Å². The Morgan fingerprint density at radius 1 is 1.14 bits per heavy atom. The zero-order valence-electron chi connectivity index (χ0n) is 17.1. The SMILES string of the molecule is Cc1sc2nc(CN3CCOCC3)nc(N3CCC(c4ncc[nH]4)CC3)c2c1C. The number of piperidine rings is 1. The minimum atomic E-state index is 0.511. The minimum absolute atomic E-state index is 0.511. The van der Waals surface area contributed by atoms with E-state index in [1.807, 2.05) is 12.4 Å². The summed E-state index contributed by atoms with van der Waals surface area (Å²) in [6.45, 7) is 10.7. The second-order valence-corrected chi connectivity index (χ2v) is 9.25. The molecule has 8 heteroatoms. The molecule has 0 unspecified atom stereocenters. The zero-order valence-corrected chi connectivity index (χ0v) is 18.0. The van der Waals surface area contributed by atoms with Crippen LogP contribution in [0.3, 0.4) is 0 Å². The molecule has 3 aromatic heterocycles. The Hall–Kier alpha value is -2.03. The molecule has 0 bridgehead atoms. The molecule has 0 amide bonds. The van der Waals surface area contributed by atoms with Crippen molar-refractivity contribution in [2.45, 2.75) is 39.2 Å². The molecule has 0 saturated carbocycles. The van der Waals surface area contributed by atoms with Crippen LogP contribution in [0.5, 0.6) is 0 Å². The number of imidazole rings is 1. The monoisotopic (exact) mass is 412 g/mol. The normalized spacial score (nSPS) is 19.3. The summed E-state index contributed by atoms with van der Waals surface area (Å²) in [5.74, 6) is 3.69. The molecule has 0 radical (unpaired) electrons. The number of H-pyrrole nitrogens is 1. The van der Waals surface area contributed by atoms with Gasteiger partial charge in [-0.15, -0.1) is 11.3 Å². The molecular weight excluding hydrogens is 384 g/mol. The van der Waals surface area contributed by atoms with Gasteiger partial charge in [-0.2, -0.15) is 0 Å². The summed E-state index contributed by atoms with van der Waals surface area (Å²) in [6.07, 6.45) is 5.97. The number of hydrogen-bond donors (Lipinski definition) is 1. The highest BCUT2D eigenvalue weighted by molar-refractivity contribution is 7.18. The highest BCUT2D eigenvalue weighted by Crippen LogP contribution is 2.37. The molecule has 154 valence electrons. The molecule has 2 fully saturated rings. The number of nitrogens with zero attached hydrogens (tertiary/aromatic N) is 5. The molecule has 5 rings (SSSR count). The van der Waals surface area contributed by atoms with E-state index in [0.29, 0.717) is 5.92 Å². The lowest BCUT2D eigenvalue weighted by Crippen LogP contribution is -2.37. The summed E-state index contributed by atoms with van der Waals surface area (Å²) in [6, 6.07) is 0. The fourth-order valence-corrected chi connectivity index (χ4v) is 5.44. The first kappa shape index (κ1) is 19.0. The second-order valence-electron chi connectivity index (χ2n) is 8.05. The van der Waals surface area contributed by atoms with Crippen LogP contribution in [0.15, 0.2) is 12.4 Å². The van der Waals surface area contributed by atoms with Gasteiger partial charge in [-0.05, 0) is 32.3 Å². The summed E-state index contributed by atoms with van der Waals surface area (Å²) in [5, 5.41) is 1.25. The summed E-state index contributed by atoms with van der Waals surface area (Å²) in [7, 11) is 0. The number of hydrogen-bond acceptors (Lipinski definition) is 7. The number of rotatable bonds is 4. The number of aryl methyl sites for hydroxylation is 2. The molecule has 0 atom stereocenters. The Morgan fingerprint density at radius 3 is 2.66 bits per heavy atom. The molecule has 0 aromatic carbocycles. The first-order chi connectivity index (χ1) is 14.2. The smallest absolute Gasteiger partial charge is 0.146 e. The van der Waals surface area contributed by atoms with Gasteiger partial charge in [0, 0.05) is 49.4 Å². The van der Waals surface area contributed by atoms with Crippen LogP contribution in [-0.2, 0) is 11.3 Å². The largest absolute Gasteiger partial charge is 0.379 e. The predicted octanol–water partition coefficient (Wildman–Crippen LogP) is 3.25. The van der Waals surface area contributed by atoms with Crippen molar-refractivity contribution < 1.29 is 4.74 Å². The number of thiophene rings is 1. The van der Waals surface area contributed by atoms with Crippen LogP contribution in [0, 0.1) is 13.8 Å². The number of nitrogens with one attached hydrogen (secondary N) is 1. The van der Waals surface area contributed by atoms with Gasteiger partial charge in [0.15, 0.2) is 0 Å². The fourth-order valence-electron chi connectivity index (χ4n) is 4.40. The second kappa shape index (κ2) is 8.01. The lowest BCUT2D eigenvalue weighted by Gasteiger charge is -2.33. The zero-order chi connectivity index (χ0) is 19.8. The lowest BCUT2D eigenvalue weighted by atomic mass is 9.96. The van der Waals surface area contributed by atoms with E-state index in [1.54, 1.807) is 11.3 Å². The van der Waals surface area contributed by atoms with Crippen molar-refractivity contribution in [2.24, 2.45) is 0 Å². The predicted molar refractivity (Wildman–Crippen MR) is 116 cm³/mol. The Morgan fingerprint density at radius 2 is 1.93 bits per heavy atom. The van der Waals surface area contributed by atoms with E-state index in [-0.39, 0.29) is 0 Å². The van der Waals surface area contributed by atoms with Gasteiger partial charge >= 0.3 is 0 Å². The molecule has 7 nitrogen and oxygen atoms in total. The minimum Gasteiger partial charge on any atom is -0.379 e. The fraction of sp³-hybridized carbons (Fsp3) is 0.571. The lowest BCUT2D eigenvalue weighted by molar-refractivity contribution is 0.0331. The average Bonchev–Trinajstić information content (AvgIpc) is 3.37. The maximum absolute atomic E-state index is 5.49. The van der Waals surface area contributed by atoms with E-state index in [1.165, 1.54) is 15.8 Å². The number of aromatic amines is 1. The van der Waals surface area contributed by atoms with Gasteiger partial charge in [0.05, 0.1) is 25.1 Å². The van der Waals surface area contributed by atoms with E-state index < -0.39 is 0 Å². The topological polar surface area (TPSA) is 70.2 Å². The summed E-state index contributed by atoms with van der Waals surface area (Å²) in [5.41, 5.74) is 1.33. The van der Waals surface area contributed by atoms with Gasteiger partial charge in [0.25, 0.3) is 0 Å². The van der Waals surface area contributed by atoms with E-state index in [2.05, 4.69) is 33.6 Å². The van der Waals surface area contributed by atoms with E-state index >= 15 is 0 Å². The molecule has 29 heavy (non-hydrogen) atoms. The number of morpholine rings is 1. The van der Waals surface area contributed by atoms with Crippen molar-refractivity contribution >= 4 is 27.4 Å². The van der Waals surface area contributed by atoms with Gasteiger partial charge in [0.1, 0.15) is 22.3 Å². The van der Waals surface area contributed by atoms with E-state index in [0.717, 1.165) is 81.1 Å². The Kier molecular flexibility index (Phi) is 5.24. The first-order valence-electron chi connectivity index (χ1n) is 10.5. The highest BCUT2D eigenvalue weighted by Gasteiger charge is 2.26. The van der Waals surface area contributed by atoms with Crippen molar-refractivity contribution in [3.8, 4) is 0 Å². The van der Waals surface area contributed by atoms with Crippen LogP contribution < -0.4 is 4.90 Å². The standard InChI is InChI=1S/C21H28N6OS/c1-14-15(2)29-21-18(14)20(24-17(25-21)13-26-9-11-28-12-10-26)27-7-3-16(4-8-27)19-22-5-6-23-19/h5-6,16H,3-4,7-13H2,1-2H3,(H,22,23). The van der Waals surface area contributed by atoms with Gasteiger partial charge in [-0.1, -0.05) is 0 Å². The summed E-state index contributed by atoms with van der Waals surface area (Å²) >= 11 is 1.80. The first-order valence-corrected chi connectivity index (χ1v) is 11.3. The molecule has 0 aliphatic carbocycles. The molecule has 3 aromatic rings. The maximum Gasteiger partial charge on any atom is 0.146 e. The summed E-state index contributed by atoms with van der Waals surface area (Å²) < 4.78 is 5.49. The average molecular weight is 413 g/mol. The van der Waals surface area contributed by atoms with Crippen LogP contribution in [-0.4, -0.2) is 64.2 Å². The van der Waals surface area contributed by atoms with Crippen LogP contribution in [0.4, 0.5) is 5.82 Å². The number of aromatic nitrogens is 4. The molecule has 0 spiro atoms. The molecule has 2 saturated heterocycles. The van der Waals surface area contributed by atoms with Crippen molar-refractivity contribution in [2.75, 3.05) is 44.3 Å². The molecule has 5 heterocycles. The Balaban J connectivity index is 1.43. The summed E-state index contributed by atoms with van der Waals surface area (Å²) in [4.78, 5) is 25.1. The van der Waals surface area contributed by atoms with Crippen LogP contribution >= 0.6 is 11.3 Å². The number of ether oxygens (including phenoxy) is 1. The third kappa shape index (κ3) is 3.76. The maximum atomic E-state index is 5.49. The molecule has 1 N–H and O–H groups in total. The molecule has 2 aliphatic heterocycles. The van der Waals surface area contributed by atoms with Crippen LogP contribution in [0.25, 0.3) is 10.2 Å². The van der Waals surface area contributed by atoms with Crippen molar-refractivity contribution in [3.05, 3.63) is 34.5 Å². The van der Waals surface area contributed by atoms with Gasteiger partial charge in [-0.3, -0.25) is 4.90 Å². The number of anilines is 1. The highest BCUT2D eigenvalue weighted by atomic mass is 32.1. The van der Waals surface area contributed by atoms with Gasteiger partial charge in [0.2, 0.25) is 0 Å². The number of fused-ring (bicyclic) bond motifs is 1. The van der Waals surface area contributed by atoms with E-state index in [9.17, 15) is 0 Å². The van der Waals surface area contributed by atoms with Gasteiger partial charge < -0.3 is 14.6 Å². The molecule has 2 aliphatic rings. The van der Waals surface area contributed by atoms with Crippen LogP contribution in [0.2, 0.25) is 0 Å². The third-order valence-electron chi connectivity index (χ3n) is 6.23. The van der Waals surface area contributed by atoms with Crippen molar-refractivity contribution in [1.29, 1.82) is 0 Å². The van der Waals surface area contributed by atoms with Gasteiger partial charge in [-0.25, -0.2) is 15.0 Å². The van der Waals surface area contributed by atoms with Crippen molar-refractivity contribution in [1.82, 2.24) is 24.8 Å². The Bertz CT molecular complexity index is 971. The third-order valence-corrected chi connectivity index (χ3v) is 7.33.